The molecule has 1 saturated heterocycles. The Bertz CT molecular complexity index is 1060. The second kappa shape index (κ2) is 9.85. The summed E-state index contributed by atoms with van der Waals surface area (Å²) in [5, 5.41) is 4.27. The maximum Gasteiger partial charge on any atom is 0.227 e. The summed E-state index contributed by atoms with van der Waals surface area (Å²) in [6, 6.07) is 13.3. The quantitative estimate of drug-likeness (QED) is 0.530. The van der Waals surface area contributed by atoms with Crippen LogP contribution in [0.3, 0.4) is 0 Å². The number of methoxy groups -OCH3 is 2. The molecule has 3 aromatic rings. The monoisotopic (exact) mass is 438 g/mol. The van der Waals surface area contributed by atoms with Gasteiger partial charge in [-0.1, -0.05) is 24.1 Å². The Morgan fingerprint density at radius 2 is 1.84 bits per heavy atom. The van der Waals surface area contributed by atoms with E-state index in [1.165, 1.54) is 12.1 Å². The molecule has 0 radical (unpaired) electrons. The van der Waals surface area contributed by atoms with Crippen molar-refractivity contribution < 1.29 is 23.2 Å². The van der Waals surface area contributed by atoms with E-state index in [9.17, 15) is 9.18 Å². The van der Waals surface area contributed by atoms with Crippen LogP contribution in [0.15, 0.2) is 53.1 Å². The molecule has 0 unspecified atom stereocenters. The zero-order valence-corrected chi connectivity index (χ0v) is 18.3. The summed E-state index contributed by atoms with van der Waals surface area (Å²) >= 11 is 0. The minimum atomic E-state index is -0.302. The number of rotatable bonds is 6. The van der Waals surface area contributed by atoms with Crippen molar-refractivity contribution in [3.8, 4) is 22.8 Å². The van der Waals surface area contributed by atoms with E-state index in [0.29, 0.717) is 23.8 Å². The van der Waals surface area contributed by atoms with E-state index in [2.05, 4.69) is 5.16 Å². The van der Waals surface area contributed by atoms with Crippen molar-refractivity contribution in [2.24, 2.45) is 0 Å². The minimum Gasteiger partial charge on any atom is -0.493 e. The Hall–Kier alpha value is -3.35. The van der Waals surface area contributed by atoms with Gasteiger partial charge in [0.2, 0.25) is 5.91 Å². The van der Waals surface area contributed by atoms with Crippen LogP contribution in [0.25, 0.3) is 11.3 Å². The molecule has 6 nitrogen and oxygen atoms in total. The molecule has 1 amide bonds. The van der Waals surface area contributed by atoms with Crippen LogP contribution in [0, 0.1) is 5.82 Å². The first kappa shape index (κ1) is 21.9. The Kier molecular flexibility index (Phi) is 6.73. The fraction of sp³-hybridized carbons (Fsp3) is 0.360. The normalized spacial score (nSPS) is 16.5. The van der Waals surface area contributed by atoms with Crippen LogP contribution in [0.5, 0.6) is 11.5 Å². The van der Waals surface area contributed by atoms with Crippen molar-refractivity contribution in [1.29, 1.82) is 0 Å². The van der Waals surface area contributed by atoms with Gasteiger partial charge in [-0.05, 0) is 54.8 Å². The van der Waals surface area contributed by atoms with Gasteiger partial charge in [0, 0.05) is 18.2 Å². The highest BCUT2D eigenvalue weighted by Gasteiger charge is 2.29. The molecule has 0 spiro atoms. The van der Waals surface area contributed by atoms with Gasteiger partial charge in [0.25, 0.3) is 0 Å². The third-order valence-corrected chi connectivity index (χ3v) is 5.87. The molecule has 2 heterocycles. The van der Waals surface area contributed by atoms with Crippen molar-refractivity contribution in [2.75, 3.05) is 20.8 Å². The van der Waals surface area contributed by atoms with Crippen LogP contribution in [-0.2, 0) is 11.2 Å². The van der Waals surface area contributed by atoms with E-state index in [4.69, 9.17) is 14.0 Å². The molecule has 2 aromatic carbocycles. The first-order chi connectivity index (χ1) is 15.6. The first-order valence-corrected chi connectivity index (χ1v) is 10.8. The highest BCUT2D eigenvalue weighted by molar-refractivity contribution is 5.79. The summed E-state index contributed by atoms with van der Waals surface area (Å²) < 4.78 is 29.5. The summed E-state index contributed by atoms with van der Waals surface area (Å²) in [6.45, 7) is 0.676. The van der Waals surface area contributed by atoms with Gasteiger partial charge in [0.15, 0.2) is 17.3 Å². The third-order valence-electron chi connectivity index (χ3n) is 5.87. The van der Waals surface area contributed by atoms with Gasteiger partial charge < -0.3 is 18.9 Å². The molecule has 1 fully saturated rings. The number of ether oxygens (including phenoxy) is 2. The van der Waals surface area contributed by atoms with Gasteiger partial charge in [0.1, 0.15) is 11.5 Å². The average molecular weight is 438 g/mol. The topological polar surface area (TPSA) is 64.8 Å². The number of likely N-dealkylation sites (tertiary alicyclic amines) is 1. The smallest absolute Gasteiger partial charge is 0.227 e. The number of aromatic nitrogens is 1. The number of nitrogens with zero attached hydrogens (tertiary/aromatic N) is 2. The number of halogens is 1. The summed E-state index contributed by atoms with van der Waals surface area (Å²) in [4.78, 5) is 15.2. The summed E-state index contributed by atoms with van der Waals surface area (Å²) in [5.74, 6) is 1.54. The standard InChI is InChI=1S/C25H27FN2O4/c1-30-22-12-7-17(14-24(22)31-2)15-25(29)28-13-5-3-4-6-21(28)20-16-23(32-27-20)18-8-10-19(26)11-9-18/h7-12,14,16,21H,3-6,13,15H2,1-2H3/t21-/m0/s1. The van der Waals surface area contributed by atoms with Gasteiger partial charge in [0.05, 0.1) is 26.7 Å². The first-order valence-electron chi connectivity index (χ1n) is 10.8. The lowest BCUT2D eigenvalue weighted by Crippen LogP contribution is -2.36. The molecular weight excluding hydrogens is 411 g/mol. The molecule has 1 aliphatic rings. The summed E-state index contributed by atoms with van der Waals surface area (Å²) in [5.41, 5.74) is 2.34. The molecule has 1 aromatic heterocycles. The highest BCUT2D eigenvalue weighted by Crippen LogP contribution is 2.33. The predicted octanol–water partition coefficient (Wildman–Crippen LogP) is 5.18. The SMILES string of the molecule is COc1ccc(CC(=O)N2CCCCC[C@H]2c2cc(-c3ccc(F)cc3)on2)cc1OC. The van der Waals surface area contributed by atoms with E-state index in [1.54, 1.807) is 26.4 Å². The Labute approximate surface area is 186 Å². The number of hydrogen-bond donors (Lipinski definition) is 0. The molecule has 7 heteroatoms. The van der Waals surface area contributed by atoms with E-state index in [1.807, 2.05) is 29.2 Å². The van der Waals surface area contributed by atoms with E-state index in [-0.39, 0.29) is 24.2 Å². The summed E-state index contributed by atoms with van der Waals surface area (Å²) in [6.07, 6.45) is 4.13. The molecule has 0 bridgehead atoms. The Balaban J connectivity index is 1.55. The molecule has 1 aliphatic heterocycles. The highest BCUT2D eigenvalue weighted by atomic mass is 19.1. The predicted molar refractivity (Wildman–Crippen MR) is 118 cm³/mol. The van der Waals surface area contributed by atoms with E-state index < -0.39 is 0 Å². The summed E-state index contributed by atoms with van der Waals surface area (Å²) in [7, 11) is 3.17. The average Bonchev–Trinajstić information content (AvgIpc) is 3.16. The molecule has 4 rings (SSSR count). The van der Waals surface area contributed by atoms with Crippen LogP contribution in [0.4, 0.5) is 4.39 Å². The Morgan fingerprint density at radius 1 is 1.06 bits per heavy atom. The number of carbonyl (C=O) groups is 1. The van der Waals surface area contributed by atoms with Crippen LogP contribution < -0.4 is 9.47 Å². The van der Waals surface area contributed by atoms with Gasteiger partial charge in [-0.25, -0.2) is 4.39 Å². The van der Waals surface area contributed by atoms with Crippen molar-refractivity contribution in [2.45, 2.75) is 38.1 Å². The lowest BCUT2D eigenvalue weighted by molar-refractivity contribution is -0.133. The molecule has 168 valence electrons. The fourth-order valence-corrected chi connectivity index (χ4v) is 4.18. The van der Waals surface area contributed by atoms with Crippen molar-refractivity contribution in [3.63, 3.8) is 0 Å². The second-order valence-electron chi connectivity index (χ2n) is 7.94. The van der Waals surface area contributed by atoms with Crippen LogP contribution >= 0.6 is 0 Å². The van der Waals surface area contributed by atoms with Crippen LogP contribution in [0.1, 0.15) is 43.0 Å². The number of amides is 1. The maximum atomic E-state index is 13.3. The molecule has 0 saturated carbocycles. The fourth-order valence-electron chi connectivity index (χ4n) is 4.18. The molecule has 1 atom stereocenters. The molecule has 0 N–H and O–H groups in total. The Morgan fingerprint density at radius 3 is 2.59 bits per heavy atom. The molecule has 0 aliphatic carbocycles. The number of hydrogen-bond acceptors (Lipinski definition) is 5. The zero-order valence-electron chi connectivity index (χ0n) is 18.3. The van der Waals surface area contributed by atoms with Gasteiger partial charge in [-0.2, -0.15) is 0 Å². The van der Waals surface area contributed by atoms with Crippen molar-refractivity contribution in [3.05, 3.63) is 65.6 Å². The van der Waals surface area contributed by atoms with Gasteiger partial charge in [-0.3, -0.25) is 4.79 Å². The van der Waals surface area contributed by atoms with E-state index in [0.717, 1.165) is 42.5 Å². The number of benzene rings is 2. The lowest BCUT2D eigenvalue weighted by atomic mass is 10.0. The number of carbonyl (C=O) groups excluding carboxylic acids is 1. The molecular formula is C25H27FN2O4. The third kappa shape index (κ3) is 4.77. The largest absolute Gasteiger partial charge is 0.493 e. The van der Waals surface area contributed by atoms with Gasteiger partial charge >= 0.3 is 0 Å². The van der Waals surface area contributed by atoms with Crippen molar-refractivity contribution >= 4 is 5.91 Å². The lowest BCUT2D eigenvalue weighted by Gasteiger charge is -2.28. The van der Waals surface area contributed by atoms with Crippen molar-refractivity contribution in [1.82, 2.24) is 10.1 Å². The van der Waals surface area contributed by atoms with E-state index >= 15 is 0 Å². The zero-order chi connectivity index (χ0) is 22.5. The van der Waals surface area contributed by atoms with Gasteiger partial charge in [-0.15, -0.1) is 0 Å². The minimum absolute atomic E-state index is 0.0375. The second-order valence-corrected chi connectivity index (χ2v) is 7.94. The molecule has 32 heavy (non-hydrogen) atoms. The maximum absolute atomic E-state index is 13.3. The van der Waals surface area contributed by atoms with Crippen LogP contribution in [-0.4, -0.2) is 36.7 Å². The van der Waals surface area contributed by atoms with Crippen LogP contribution in [0.2, 0.25) is 0 Å².